The molecule has 0 saturated heterocycles. The molecule has 0 radical (unpaired) electrons. The molecule has 8 nitrogen and oxygen atoms in total. The summed E-state index contributed by atoms with van der Waals surface area (Å²) in [5.74, 6) is 0.211. The van der Waals surface area contributed by atoms with E-state index in [1.54, 1.807) is 7.05 Å². The van der Waals surface area contributed by atoms with Crippen LogP contribution in [0.2, 0.25) is 0 Å². The number of nitro groups is 1. The van der Waals surface area contributed by atoms with Crippen LogP contribution < -0.4 is 5.01 Å². The Bertz CT molecular complexity index is 1330. The molecule has 9 heteroatoms. The van der Waals surface area contributed by atoms with Crippen molar-refractivity contribution in [2.45, 2.75) is 0 Å². The zero-order valence-corrected chi connectivity index (χ0v) is 19.0. The van der Waals surface area contributed by atoms with E-state index >= 15 is 0 Å². The van der Waals surface area contributed by atoms with E-state index in [0.29, 0.717) is 11.6 Å². The lowest BCUT2D eigenvalue weighted by atomic mass is 10.1. The lowest BCUT2D eigenvalue weighted by molar-refractivity contribution is -0.384. The van der Waals surface area contributed by atoms with Crippen LogP contribution >= 0.6 is 15.9 Å². The van der Waals surface area contributed by atoms with Crippen LogP contribution in [0.25, 0.3) is 22.5 Å². The number of anilines is 1. The molecule has 1 aromatic heterocycles. The monoisotopic (exact) mass is 503 g/mol. The number of halogens is 1. The smallest absolute Gasteiger partial charge is 0.270 e. The summed E-state index contributed by atoms with van der Waals surface area (Å²) in [6.45, 7) is 0. The SMILES string of the molecule is CN(/N=C/c1cc([N+](=O)[O-])ccc1O)c1nc(-c2ccccc2)cc(-c2ccc(Br)cc2)n1. The van der Waals surface area contributed by atoms with Crippen molar-refractivity contribution < 1.29 is 10.0 Å². The molecule has 1 N–H and O–H groups in total. The van der Waals surface area contributed by atoms with Gasteiger partial charge in [-0.2, -0.15) is 5.10 Å². The molecule has 4 rings (SSSR count). The average Bonchev–Trinajstić information content (AvgIpc) is 2.84. The molecule has 0 aliphatic carbocycles. The van der Waals surface area contributed by atoms with Crippen molar-refractivity contribution in [1.29, 1.82) is 0 Å². The van der Waals surface area contributed by atoms with Crippen molar-refractivity contribution in [3.63, 3.8) is 0 Å². The summed E-state index contributed by atoms with van der Waals surface area (Å²) < 4.78 is 0.960. The van der Waals surface area contributed by atoms with Crippen LogP contribution in [0.15, 0.2) is 88.4 Å². The Morgan fingerprint density at radius 1 is 0.970 bits per heavy atom. The van der Waals surface area contributed by atoms with Crippen molar-refractivity contribution in [2.24, 2.45) is 5.10 Å². The molecule has 3 aromatic carbocycles. The fraction of sp³-hybridized carbons (Fsp3) is 0.0417. The van der Waals surface area contributed by atoms with E-state index in [-0.39, 0.29) is 17.0 Å². The Labute approximate surface area is 198 Å². The van der Waals surface area contributed by atoms with E-state index in [1.807, 2.05) is 60.7 Å². The van der Waals surface area contributed by atoms with Crippen LogP contribution in [-0.2, 0) is 0 Å². The second-order valence-corrected chi connectivity index (χ2v) is 8.00. The van der Waals surface area contributed by atoms with Crippen molar-refractivity contribution in [3.05, 3.63) is 99.0 Å². The first-order chi connectivity index (χ1) is 15.9. The van der Waals surface area contributed by atoms with Crippen LogP contribution in [0.1, 0.15) is 5.56 Å². The van der Waals surface area contributed by atoms with Gasteiger partial charge in [-0.15, -0.1) is 0 Å². The third-order valence-electron chi connectivity index (χ3n) is 4.81. The number of hydrogen-bond acceptors (Lipinski definition) is 7. The Morgan fingerprint density at radius 2 is 1.61 bits per heavy atom. The summed E-state index contributed by atoms with van der Waals surface area (Å²) in [5.41, 5.74) is 3.34. The first-order valence-corrected chi connectivity index (χ1v) is 10.7. The third kappa shape index (κ3) is 5.21. The highest BCUT2D eigenvalue weighted by Gasteiger charge is 2.13. The number of hydrazone groups is 1. The van der Waals surface area contributed by atoms with Crippen LogP contribution in [0.4, 0.5) is 11.6 Å². The van der Waals surface area contributed by atoms with Gasteiger partial charge in [0.05, 0.1) is 22.5 Å². The van der Waals surface area contributed by atoms with Crippen LogP contribution in [-0.4, -0.2) is 33.3 Å². The van der Waals surface area contributed by atoms with Gasteiger partial charge in [0, 0.05) is 40.3 Å². The fourth-order valence-electron chi connectivity index (χ4n) is 3.06. The number of aromatic nitrogens is 2. The predicted molar refractivity (Wildman–Crippen MR) is 131 cm³/mol. The van der Waals surface area contributed by atoms with E-state index in [4.69, 9.17) is 0 Å². The number of nitro benzene ring substituents is 1. The van der Waals surface area contributed by atoms with Gasteiger partial charge in [-0.25, -0.2) is 15.0 Å². The van der Waals surface area contributed by atoms with Crippen LogP contribution in [0, 0.1) is 10.1 Å². The number of nitrogens with zero attached hydrogens (tertiary/aromatic N) is 5. The van der Waals surface area contributed by atoms with Gasteiger partial charge >= 0.3 is 0 Å². The van der Waals surface area contributed by atoms with Crippen LogP contribution in [0.5, 0.6) is 5.75 Å². The molecule has 4 aromatic rings. The number of hydrogen-bond donors (Lipinski definition) is 1. The van der Waals surface area contributed by atoms with Crippen molar-refractivity contribution in [3.8, 4) is 28.3 Å². The highest BCUT2D eigenvalue weighted by molar-refractivity contribution is 9.10. The second-order valence-electron chi connectivity index (χ2n) is 7.08. The zero-order valence-electron chi connectivity index (χ0n) is 17.5. The Kier molecular flexibility index (Phi) is 6.41. The minimum Gasteiger partial charge on any atom is -0.507 e. The van der Waals surface area contributed by atoms with Gasteiger partial charge in [-0.05, 0) is 24.3 Å². The summed E-state index contributed by atoms with van der Waals surface area (Å²) in [6.07, 6.45) is 1.33. The molecule has 0 spiro atoms. The molecule has 0 amide bonds. The van der Waals surface area contributed by atoms with Gasteiger partial charge in [-0.3, -0.25) is 10.1 Å². The van der Waals surface area contributed by atoms with Gasteiger partial charge in [0.1, 0.15) is 5.75 Å². The lowest BCUT2D eigenvalue weighted by Gasteiger charge is -2.14. The molecule has 0 bridgehead atoms. The highest BCUT2D eigenvalue weighted by Crippen LogP contribution is 2.27. The first kappa shape index (κ1) is 22.1. The quantitative estimate of drug-likeness (QED) is 0.207. The van der Waals surface area contributed by atoms with E-state index in [0.717, 1.165) is 21.3 Å². The topological polar surface area (TPSA) is 105 Å². The molecule has 0 aliphatic rings. The number of aromatic hydroxyl groups is 1. The molecule has 0 atom stereocenters. The molecule has 33 heavy (non-hydrogen) atoms. The Hall–Kier alpha value is -4.11. The number of phenolic OH excluding ortho intramolecular Hbond substituents is 1. The minimum absolute atomic E-state index is 0.118. The summed E-state index contributed by atoms with van der Waals surface area (Å²) in [4.78, 5) is 19.8. The van der Waals surface area contributed by atoms with E-state index < -0.39 is 4.92 Å². The van der Waals surface area contributed by atoms with Crippen molar-refractivity contribution >= 4 is 33.8 Å². The third-order valence-corrected chi connectivity index (χ3v) is 5.33. The number of phenols is 1. The number of rotatable bonds is 6. The molecule has 164 valence electrons. The lowest BCUT2D eigenvalue weighted by Crippen LogP contribution is -2.13. The van der Waals surface area contributed by atoms with E-state index in [1.165, 1.54) is 29.4 Å². The molecule has 0 aliphatic heterocycles. The van der Waals surface area contributed by atoms with Gasteiger partial charge in [0.15, 0.2) is 0 Å². The highest BCUT2D eigenvalue weighted by atomic mass is 79.9. The maximum Gasteiger partial charge on any atom is 0.270 e. The minimum atomic E-state index is -0.530. The van der Waals surface area contributed by atoms with E-state index in [9.17, 15) is 15.2 Å². The van der Waals surface area contributed by atoms with Gasteiger partial charge in [-0.1, -0.05) is 58.4 Å². The maximum atomic E-state index is 11.0. The normalized spacial score (nSPS) is 11.0. The average molecular weight is 504 g/mol. The molecule has 0 unspecified atom stereocenters. The molecule has 0 fully saturated rings. The number of benzene rings is 3. The van der Waals surface area contributed by atoms with Gasteiger partial charge in [0.25, 0.3) is 5.69 Å². The summed E-state index contributed by atoms with van der Waals surface area (Å²) in [7, 11) is 1.67. The maximum absolute atomic E-state index is 11.0. The van der Waals surface area contributed by atoms with Crippen molar-refractivity contribution in [2.75, 3.05) is 12.1 Å². The second kappa shape index (κ2) is 9.58. The van der Waals surface area contributed by atoms with Crippen LogP contribution in [0.3, 0.4) is 0 Å². The predicted octanol–water partition coefficient (Wildman–Crippen LogP) is 5.66. The van der Waals surface area contributed by atoms with E-state index in [2.05, 4.69) is 31.0 Å². The zero-order chi connectivity index (χ0) is 23.4. The van der Waals surface area contributed by atoms with Gasteiger partial charge in [0.2, 0.25) is 5.95 Å². The number of non-ortho nitro benzene ring substituents is 1. The fourth-order valence-corrected chi connectivity index (χ4v) is 3.33. The van der Waals surface area contributed by atoms with Crippen molar-refractivity contribution in [1.82, 2.24) is 9.97 Å². The molecule has 1 heterocycles. The standard InChI is InChI=1S/C24H18BrN5O3/c1-29(26-15-18-13-20(30(32)33)11-12-23(18)31)24-27-21(16-5-3-2-4-6-16)14-22(28-24)17-7-9-19(25)10-8-17/h2-15,31H,1H3/b26-15+. The van der Waals surface area contributed by atoms with Gasteiger partial charge < -0.3 is 5.11 Å². The molecular weight excluding hydrogens is 486 g/mol. The molecular formula is C24H18BrN5O3. The molecule has 0 saturated carbocycles. The summed E-state index contributed by atoms with van der Waals surface area (Å²) in [6, 6.07) is 23.2. The Morgan fingerprint density at radius 3 is 2.24 bits per heavy atom. The Balaban J connectivity index is 1.74. The largest absolute Gasteiger partial charge is 0.507 e. The summed E-state index contributed by atoms with van der Waals surface area (Å²) in [5, 5.41) is 26.8. The first-order valence-electron chi connectivity index (χ1n) is 9.86. The summed E-state index contributed by atoms with van der Waals surface area (Å²) >= 11 is 3.45.